The van der Waals surface area contributed by atoms with Gasteiger partial charge in [-0.05, 0) is 74.3 Å². The van der Waals surface area contributed by atoms with Crippen LogP contribution in [-0.2, 0) is 9.47 Å². The Hall–Kier alpha value is -1.54. The van der Waals surface area contributed by atoms with Gasteiger partial charge in [-0.15, -0.1) is 6.42 Å². The minimum Gasteiger partial charge on any atom is -0.466 e. The first-order valence-corrected chi connectivity index (χ1v) is 12.5. The maximum Gasteiger partial charge on any atom is 0.172 e. The molecular formula is C28H36O4. The number of furan rings is 1. The van der Waals surface area contributed by atoms with Gasteiger partial charge in [-0.2, -0.15) is 0 Å². The fourth-order valence-electron chi connectivity index (χ4n) is 8.53. The van der Waals surface area contributed by atoms with Crippen molar-refractivity contribution in [3.63, 3.8) is 0 Å². The number of terminal acetylenes is 1. The van der Waals surface area contributed by atoms with E-state index in [4.69, 9.17) is 20.3 Å². The van der Waals surface area contributed by atoms with Gasteiger partial charge in [0, 0.05) is 24.2 Å². The van der Waals surface area contributed by atoms with E-state index in [1.807, 2.05) is 6.92 Å². The minimum absolute atomic E-state index is 0.140. The maximum absolute atomic E-state index is 11.4. The van der Waals surface area contributed by atoms with Gasteiger partial charge in [0.1, 0.15) is 17.1 Å². The molecule has 4 aliphatic carbocycles. The Bertz CT molecular complexity index is 993. The standard InChI is InChI=1S/C28H36O4/c1-5-27(29)11-9-22-24-20(23-7-6-18(2)32-23)16-19-17-28(30-14-15-31-28)13-12-25(19,3)21(24)8-10-26(22,27)4/h1,6-7,16,20-22,24,29H,8-15,17H2,2-4H3/t20?,21?,22-,24?,25?,26?,27?/m0/s1. The van der Waals surface area contributed by atoms with Crippen LogP contribution < -0.4 is 0 Å². The Morgan fingerprint density at radius 2 is 1.78 bits per heavy atom. The van der Waals surface area contributed by atoms with Crippen LogP contribution in [0.25, 0.3) is 0 Å². The predicted octanol–water partition coefficient (Wildman–Crippen LogP) is 5.35. The highest BCUT2D eigenvalue weighted by Crippen LogP contribution is 2.70. The van der Waals surface area contributed by atoms with Gasteiger partial charge in [-0.25, -0.2) is 0 Å². The summed E-state index contributed by atoms with van der Waals surface area (Å²) in [5.41, 5.74) is 0.388. The molecule has 1 aromatic heterocycles. The number of aliphatic hydroxyl groups is 1. The smallest absolute Gasteiger partial charge is 0.172 e. The average Bonchev–Trinajstić information content (AvgIpc) is 3.48. The molecule has 1 aliphatic heterocycles. The molecular weight excluding hydrogens is 400 g/mol. The Balaban J connectivity index is 1.47. The van der Waals surface area contributed by atoms with E-state index in [-0.39, 0.29) is 16.7 Å². The third-order valence-corrected chi connectivity index (χ3v) is 10.5. The van der Waals surface area contributed by atoms with E-state index < -0.39 is 11.4 Å². The van der Waals surface area contributed by atoms with Crippen molar-refractivity contribution in [2.75, 3.05) is 13.2 Å². The minimum atomic E-state index is -1.00. The molecule has 32 heavy (non-hydrogen) atoms. The number of ether oxygens (including phenoxy) is 2. The Morgan fingerprint density at radius 1 is 1.03 bits per heavy atom. The maximum atomic E-state index is 11.4. The number of hydrogen-bond acceptors (Lipinski definition) is 4. The Labute approximate surface area is 191 Å². The lowest BCUT2D eigenvalue weighted by Gasteiger charge is -2.60. The van der Waals surface area contributed by atoms with Gasteiger partial charge in [-0.3, -0.25) is 0 Å². The third-order valence-electron chi connectivity index (χ3n) is 10.5. The van der Waals surface area contributed by atoms with E-state index >= 15 is 0 Å². The van der Waals surface area contributed by atoms with Crippen LogP contribution in [0.5, 0.6) is 0 Å². The number of hydrogen-bond donors (Lipinski definition) is 1. The van der Waals surface area contributed by atoms with Gasteiger partial charge < -0.3 is 19.0 Å². The summed E-state index contributed by atoms with van der Waals surface area (Å²) in [6, 6.07) is 4.24. The van der Waals surface area contributed by atoms with Crippen molar-refractivity contribution >= 4 is 0 Å². The molecule has 3 saturated carbocycles. The summed E-state index contributed by atoms with van der Waals surface area (Å²) in [5, 5.41) is 11.4. The molecule has 1 saturated heterocycles. The second-order valence-electron chi connectivity index (χ2n) is 11.7. The lowest BCUT2D eigenvalue weighted by atomic mass is 9.44. The summed E-state index contributed by atoms with van der Waals surface area (Å²) in [6.07, 6.45) is 15.1. The van der Waals surface area contributed by atoms with Crippen LogP contribution in [0.3, 0.4) is 0 Å². The number of aryl methyl sites for hydroxylation is 1. The summed E-state index contributed by atoms with van der Waals surface area (Å²) >= 11 is 0. The first kappa shape index (κ1) is 21.0. The molecule has 0 amide bonds. The molecule has 4 nitrogen and oxygen atoms in total. The summed E-state index contributed by atoms with van der Waals surface area (Å²) < 4.78 is 18.5. The normalized spacial score (nSPS) is 46.8. The van der Waals surface area contributed by atoms with Gasteiger partial charge in [0.2, 0.25) is 0 Å². The predicted molar refractivity (Wildman–Crippen MR) is 122 cm³/mol. The van der Waals surface area contributed by atoms with Crippen LogP contribution in [0.15, 0.2) is 28.2 Å². The van der Waals surface area contributed by atoms with Gasteiger partial charge in [0.15, 0.2) is 5.79 Å². The average molecular weight is 437 g/mol. The van der Waals surface area contributed by atoms with E-state index in [0.717, 1.165) is 50.0 Å². The van der Waals surface area contributed by atoms with Crippen molar-refractivity contribution in [2.24, 2.45) is 28.6 Å². The molecule has 6 unspecified atom stereocenters. The Morgan fingerprint density at radius 3 is 2.47 bits per heavy atom. The second kappa shape index (κ2) is 6.75. The van der Waals surface area contributed by atoms with Crippen LogP contribution in [0.2, 0.25) is 0 Å². The highest BCUT2D eigenvalue weighted by molar-refractivity contribution is 5.35. The zero-order chi connectivity index (χ0) is 22.4. The van der Waals surface area contributed by atoms with Gasteiger partial charge >= 0.3 is 0 Å². The third kappa shape index (κ3) is 2.62. The SMILES string of the molecule is C#CC1(O)CC[C@H]2C3C(c4ccc(C)o4)C=C4CC5(CCC4(C)C3CCC21C)OCCO5. The monoisotopic (exact) mass is 436 g/mol. The van der Waals surface area contributed by atoms with Crippen LogP contribution in [-0.4, -0.2) is 29.7 Å². The largest absolute Gasteiger partial charge is 0.466 e. The molecule has 4 fully saturated rings. The number of rotatable bonds is 1. The molecule has 1 aromatic rings. The fourth-order valence-corrected chi connectivity index (χ4v) is 8.53. The molecule has 1 spiro atoms. The first-order chi connectivity index (χ1) is 15.2. The van der Waals surface area contributed by atoms with E-state index in [1.165, 1.54) is 5.57 Å². The molecule has 172 valence electrons. The Kier molecular flexibility index (Phi) is 4.43. The van der Waals surface area contributed by atoms with Crippen molar-refractivity contribution < 1.29 is 19.0 Å². The molecule has 5 aliphatic rings. The zero-order valence-corrected chi connectivity index (χ0v) is 19.7. The highest BCUT2D eigenvalue weighted by Gasteiger charge is 2.66. The number of fused-ring (bicyclic) bond motifs is 5. The van der Waals surface area contributed by atoms with E-state index in [9.17, 15) is 5.11 Å². The number of allylic oxidation sites excluding steroid dienone is 1. The zero-order valence-electron chi connectivity index (χ0n) is 19.7. The molecule has 4 heteroatoms. The van der Waals surface area contributed by atoms with Crippen LogP contribution in [0.4, 0.5) is 0 Å². The lowest BCUT2D eigenvalue weighted by molar-refractivity contribution is -0.187. The van der Waals surface area contributed by atoms with E-state index in [2.05, 4.69) is 38.0 Å². The quantitative estimate of drug-likeness (QED) is 0.476. The fraction of sp³-hybridized carbons (Fsp3) is 0.714. The van der Waals surface area contributed by atoms with Crippen molar-refractivity contribution in [1.82, 2.24) is 0 Å². The molecule has 2 heterocycles. The van der Waals surface area contributed by atoms with Gasteiger partial charge in [-0.1, -0.05) is 31.4 Å². The lowest BCUT2D eigenvalue weighted by Crippen LogP contribution is -2.56. The second-order valence-corrected chi connectivity index (χ2v) is 11.7. The van der Waals surface area contributed by atoms with Crippen molar-refractivity contribution in [1.29, 1.82) is 0 Å². The van der Waals surface area contributed by atoms with Gasteiger partial charge in [0.05, 0.1) is 13.2 Å². The van der Waals surface area contributed by atoms with Crippen molar-refractivity contribution in [3.8, 4) is 12.3 Å². The van der Waals surface area contributed by atoms with Crippen LogP contribution >= 0.6 is 0 Å². The molecule has 0 aromatic carbocycles. The highest BCUT2D eigenvalue weighted by atomic mass is 16.7. The summed E-state index contributed by atoms with van der Waals surface area (Å²) in [6.45, 7) is 8.15. The van der Waals surface area contributed by atoms with Crippen LogP contribution in [0.1, 0.15) is 76.2 Å². The summed E-state index contributed by atoms with van der Waals surface area (Å²) in [4.78, 5) is 0. The molecule has 7 atom stereocenters. The van der Waals surface area contributed by atoms with Crippen molar-refractivity contribution in [3.05, 3.63) is 35.3 Å². The molecule has 1 N–H and O–H groups in total. The first-order valence-electron chi connectivity index (χ1n) is 12.5. The van der Waals surface area contributed by atoms with Crippen molar-refractivity contribution in [2.45, 2.75) is 83.0 Å². The summed E-state index contributed by atoms with van der Waals surface area (Å²) in [7, 11) is 0. The van der Waals surface area contributed by atoms with Crippen LogP contribution in [0, 0.1) is 47.9 Å². The van der Waals surface area contributed by atoms with Gasteiger partial charge in [0.25, 0.3) is 0 Å². The molecule has 0 radical (unpaired) electrons. The molecule has 6 rings (SSSR count). The topological polar surface area (TPSA) is 51.8 Å². The summed E-state index contributed by atoms with van der Waals surface area (Å²) in [5.74, 6) is 5.97. The van der Waals surface area contributed by atoms with E-state index in [0.29, 0.717) is 37.4 Å². The molecule has 0 bridgehead atoms. The van der Waals surface area contributed by atoms with E-state index in [1.54, 1.807) is 0 Å².